The summed E-state index contributed by atoms with van der Waals surface area (Å²) in [6.45, 7) is 5.74. The molecular weight excluding hydrogens is 127 g/mol. The van der Waals surface area contributed by atoms with E-state index in [0.29, 0.717) is 5.92 Å². The van der Waals surface area contributed by atoms with Crippen molar-refractivity contribution in [3.63, 3.8) is 0 Å². The van der Waals surface area contributed by atoms with Gasteiger partial charge in [-0.05, 0) is 0 Å². The van der Waals surface area contributed by atoms with Crippen LogP contribution in [0.4, 0.5) is 0 Å². The summed E-state index contributed by atoms with van der Waals surface area (Å²) in [5.41, 5.74) is 0. The van der Waals surface area contributed by atoms with Crippen LogP contribution in [0.25, 0.3) is 0 Å². The molecule has 3 N–H and O–H groups in total. The minimum absolute atomic E-state index is 0.00231. The van der Waals surface area contributed by atoms with Gasteiger partial charge < -0.3 is 0 Å². The Hall–Kier alpha value is -0.375. The molecule has 0 saturated heterocycles. The number of nitrogens with one attached hydrogen (secondary N) is 2. The van der Waals surface area contributed by atoms with Crippen molar-refractivity contribution in [1.82, 2.24) is 5.23 Å². The zero-order valence-corrected chi connectivity index (χ0v) is 6.76. The molecule has 0 spiro atoms. The van der Waals surface area contributed by atoms with Gasteiger partial charge in [0.25, 0.3) is 0 Å². The molecule has 0 unspecified atom stereocenters. The van der Waals surface area contributed by atoms with Crippen molar-refractivity contribution in [2.75, 3.05) is 0 Å². The van der Waals surface area contributed by atoms with Gasteiger partial charge in [0.05, 0.1) is 0 Å². The molecule has 0 radical (unpaired) electrons. The van der Waals surface area contributed by atoms with Gasteiger partial charge in [0, 0.05) is 0 Å². The van der Waals surface area contributed by atoms with Gasteiger partial charge in [-0.2, -0.15) is 0 Å². The average Bonchev–Trinajstić information content (AvgIpc) is 1.81. The third-order valence-electron chi connectivity index (χ3n) is 1.51. The first-order valence-corrected chi connectivity index (χ1v) is 3.52. The molecule has 0 aliphatic rings. The molecule has 0 rings (SSSR count). The number of rotatable bonds is 4. The molecule has 0 bridgehead atoms. The van der Waals surface area contributed by atoms with Crippen molar-refractivity contribution in [2.24, 2.45) is 5.92 Å². The van der Waals surface area contributed by atoms with E-state index in [2.05, 4.69) is 5.23 Å². The standard InChI is InChI=1S/C6H15BN2O/c1-4(2)6(5(3)10)9-7-8/h4-6,8-10H,1-3H3/t5-,6-/m0/s1. The molecule has 10 heavy (non-hydrogen) atoms. The predicted octanol–water partition coefficient (Wildman–Crippen LogP) is 0.363. The summed E-state index contributed by atoms with van der Waals surface area (Å²) >= 11 is 0. The second-order valence-corrected chi connectivity index (χ2v) is 2.82. The van der Waals surface area contributed by atoms with Crippen LogP contribution < -0.4 is 5.23 Å². The Labute approximate surface area is 62.6 Å². The van der Waals surface area contributed by atoms with Crippen molar-refractivity contribution in [3.05, 3.63) is 0 Å². The first kappa shape index (κ1) is 9.62. The summed E-state index contributed by atoms with van der Waals surface area (Å²) in [4.78, 5) is 0. The van der Waals surface area contributed by atoms with Crippen LogP contribution in [-0.2, 0) is 0 Å². The Morgan fingerprint density at radius 3 is 2.00 bits per heavy atom. The number of aliphatic hydroxyl groups excluding tert-OH is 1. The molecule has 0 aromatic carbocycles. The molecule has 0 saturated carbocycles. The second-order valence-electron chi connectivity index (χ2n) is 2.82. The van der Waals surface area contributed by atoms with Crippen LogP contribution in [-0.4, -0.2) is 24.5 Å². The molecule has 2 atom stereocenters. The zero-order chi connectivity index (χ0) is 8.15. The summed E-state index contributed by atoms with van der Waals surface area (Å²) in [7, 11) is 1.12. The van der Waals surface area contributed by atoms with Crippen LogP contribution in [0.1, 0.15) is 20.8 Å². The van der Waals surface area contributed by atoms with E-state index in [1.54, 1.807) is 6.92 Å². The Kier molecular flexibility index (Phi) is 4.28. The van der Waals surface area contributed by atoms with Crippen LogP contribution in [0.2, 0.25) is 0 Å². The Morgan fingerprint density at radius 2 is 1.90 bits per heavy atom. The van der Waals surface area contributed by atoms with Crippen LogP contribution >= 0.6 is 0 Å². The van der Waals surface area contributed by atoms with E-state index in [9.17, 15) is 0 Å². The fourth-order valence-electron chi connectivity index (χ4n) is 0.985. The number of hydrogen-bond donors (Lipinski definition) is 3. The number of aliphatic hydroxyl groups is 1. The molecule has 0 aromatic heterocycles. The first-order chi connectivity index (χ1) is 4.59. The zero-order valence-electron chi connectivity index (χ0n) is 6.76. The molecule has 0 amide bonds. The van der Waals surface area contributed by atoms with Crippen LogP contribution in [0.3, 0.4) is 0 Å². The van der Waals surface area contributed by atoms with Gasteiger partial charge >= 0.3 is 61.7 Å². The minimum atomic E-state index is -0.401. The molecular formula is C6H15BN2O. The average molecular weight is 142 g/mol. The Bertz CT molecular complexity index is 97.9. The molecule has 0 aromatic rings. The molecule has 58 valence electrons. The van der Waals surface area contributed by atoms with Gasteiger partial charge in [-0.1, -0.05) is 0 Å². The summed E-state index contributed by atoms with van der Waals surface area (Å²) in [6, 6.07) is -0.00231. The van der Waals surface area contributed by atoms with Crippen molar-refractivity contribution in [2.45, 2.75) is 32.9 Å². The predicted molar refractivity (Wildman–Crippen MR) is 41.9 cm³/mol. The quantitative estimate of drug-likeness (QED) is 0.496. The van der Waals surface area contributed by atoms with E-state index >= 15 is 0 Å². The summed E-state index contributed by atoms with van der Waals surface area (Å²) < 4.78 is 0. The van der Waals surface area contributed by atoms with Crippen LogP contribution in [0, 0.1) is 11.2 Å². The fraction of sp³-hybridized carbons (Fsp3) is 1.00. The van der Waals surface area contributed by atoms with E-state index in [-0.39, 0.29) is 6.04 Å². The van der Waals surface area contributed by atoms with E-state index in [0.717, 1.165) is 7.21 Å². The third kappa shape index (κ3) is 2.96. The second kappa shape index (κ2) is 4.44. The van der Waals surface area contributed by atoms with Gasteiger partial charge in [0.15, 0.2) is 0 Å². The summed E-state index contributed by atoms with van der Waals surface area (Å²) in [6.07, 6.45) is -0.401. The molecule has 4 heteroatoms. The van der Waals surface area contributed by atoms with Crippen LogP contribution in [0.5, 0.6) is 0 Å². The molecule has 0 aliphatic carbocycles. The van der Waals surface area contributed by atoms with E-state index in [1.165, 1.54) is 0 Å². The fourth-order valence-corrected chi connectivity index (χ4v) is 0.985. The molecule has 0 heterocycles. The maximum atomic E-state index is 9.15. The van der Waals surface area contributed by atoms with Gasteiger partial charge in [-0.25, -0.2) is 0 Å². The van der Waals surface area contributed by atoms with Gasteiger partial charge in [-0.15, -0.1) is 0 Å². The molecule has 0 fully saturated rings. The topological polar surface area (TPSA) is 56.1 Å². The Morgan fingerprint density at radius 1 is 1.40 bits per heavy atom. The molecule has 0 aliphatic heterocycles. The SMILES string of the molecule is CC(C)[C@H](NB=N)[C@H](C)O. The van der Waals surface area contributed by atoms with Crippen molar-refractivity contribution < 1.29 is 5.11 Å². The van der Waals surface area contributed by atoms with Gasteiger partial charge in [-0.3, -0.25) is 0 Å². The van der Waals surface area contributed by atoms with Crippen molar-refractivity contribution in [1.29, 1.82) is 5.31 Å². The van der Waals surface area contributed by atoms with E-state index < -0.39 is 6.10 Å². The van der Waals surface area contributed by atoms with E-state index in [1.807, 2.05) is 13.8 Å². The van der Waals surface area contributed by atoms with Gasteiger partial charge in [0.2, 0.25) is 0 Å². The van der Waals surface area contributed by atoms with E-state index in [4.69, 9.17) is 10.4 Å². The first-order valence-electron chi connectivity index (χ1n) is 3.52. The number of hydrogen-bond acceptors (Lipinski definition) is 2. The normalized spacial score (nSPS) is 16.1. The maximum absolute atomic E-state index is 9.15. The Balaban J connectivity index is 3.84. The summed E-state index contributed by atoms with van der Waals surface area (Å²) in [5.74, 6) is 0.349. The van der Waals surface area contributed by atoms with Crippen molar-refractivity contribution in [3.8, 4) is 0 Å². The van der Waals surface area contributed by atoms with Crippen molar-refractivity contribution >= 4 is 7.21 Å². The third-order valence-corrected chi connectivity index (χ3v) is 1.51. The van der Waals surface area contributed by atoms with Crippen LogP contribution in [0.15, 0.2) is 0 Å². The summed E-state index contributed by atoms with van der Waals surface area (Å²) in [5, 5.41) is 18.7. The monoisotopic (exact) mass is 142 g/mol. The van der Waals surface area contributed by atoms with Gasteiger partial charge in [0.1, 0.15) is 0 Å². The molecule has 3 nitrogen and oxygen atoms in total.